The number of carbonyl (C=O) groups excluding carboxylic acids is 2. The summed E-state index contributed by atoms with van der Waals surface area (Å²) < 4.78 is 5.51. The van der Waals surface area contributed by atoms with Crippen molar-refractivity contribution in [2.45, 2.75) is 0 Å². The molecule has 1 N–H and O–H groups in total. The van der Waals surface area contributed by atoms with Gasteiger partial charge in [0.2, 0.25) is 0 Å². The number of nitrogens with zero attached hydrogens (tertiary/aromatic N) is 3. The number of aromatic amines is 1. The standard InChI is InChI=1S/C20H18Cl2N4O3/c21-14-2-4-18(15(22)10-14)29-11-19(27)25-5-7-26(8-6-25)20(28)13-1-3-16-17(9-13)24-12-23-16/h1-4,9-10,12H,5-8,11H2,(H,23,24). The van der Waals surface area contributed by atoms with E-state index in [1.807, 2.05) is 6.07 Å². The van der Waals surface area contributed by atoms with E-state index in [1.165, 1.54) is 0 Å². The minimum Gasteiger partial charge on any atom is -0.482 e. The summed E-state index contributed by atoms with van der Waals surface area (Å²) in [5.41, 5.74) is 2.24. The van der Waals surface area contributed by atoms with Crippen LogP contribution < -0.4 is 4.74 Å². The number of benzene rings is 2. The van der Waals surface area contributed by atoms with Gasteiger partial charge in [0.15, 0.2) is 6.61 Å². The molecule has 0 bridgehead atoms. The fourth-order valence-electron chi connectivity index (χ4n) is 3.23. The number of hydrogen-bond acceptors (Lipinski definition) is 4. The Kier molecular flexibility index (Phi) is 5.60. The molecule has 0 spiro atoms. The molecule has 29 heavy (non-hydrogen) atoms. The van der Waals surface area contributed by atoms with E-state index in [1.54, 1.807) is 46.5 Å². The smallest absolute Gasteiger partial charge is 0.260 e. The molecule has 9 heteroatoms. The summed E-state index contributed by atoms with van der Waals surface area (Å²) in [6.07, 6.45) is 1.60. The van der Waals surface area contributed by atoms with Gasteiger partial charge >= 0.3 is 0 Å². The molecule has 1 fully saturated rings. The van der Waals surface area contributed by atoms with Crippen LogP contribution in [-0.4, -0.2) is 64.4 Å². The van der Waals surface area contributed by atoms with Crippen molar-refractivity contribution < 1.29 is 14.3 Å². The van der Waals surface area contributed by atoms with Gasteiger partial charge in [-0.25, -0.2) is 4.98 Å². The molecule has 0 unspecified atom stereocenters. The van der Waals surface area contributed by atoms with Crippen LogP contribution in [0.15, 0.2) is 42.7 Å². The van der Waals surface area contributed by atoms with Gasteiger partial charge in [0, 0.05) is 36.8 Å². The molecule has 0 radical (unpaired) electrons. The van der Waals surface area contributed by atoms with Gasteiger partial charge in [-0.2, -0.15) is 0 Å². The zero-order chi connectivity index (χ0) is 20.4. The Labute approximate surface area is 177 Å². The summed E-state index contributed by atoms with van der Waals surface area (Å²) in [7, 11) is 0. The normalized spacial score (nSPS) is 14.3. The molecule has 2 amide bonds. The van der Waals surface area contributed by atoms with Crippen molar-refractivity contribution in [3.8, 4) is 5.75 Å². The number of ether oxygens (including phenoxy) is 1. The maximum Gasteiger partial charge on any atom is 0.260 e. The number of hydrogen-bond donors (Lipinski definition) is 1. The molecule has 7 nitrogen and oxygen atoms in total. The van der Waals surface area contributed by atoms with Gasteiger partial charge in [-0.15, -0.1) is 0 Å². The Morgan fingerprint density at radius 3 is 2.55 bits per heavy atom. The fraction of sp³-hybridized carbons (Fsp3) is 0.250. The lowest BCUT2D eigenvalue weighted by Crippen LogP contribution is -2.51. The van der Waals surface area contributed by atoms with E-state index in [0.717, 1.165) is 11.0 Å². The SMILES string of the molecule is O=C(COc1ccc(Cl)cc1Cl)N1CCN(C(=O)c2ccc3nc[nH]c3c2)CC1. The third-order valence-corrected chi connectivity index (χ3v) is 5.36. The Bertz CT molecular complexity index is 1060. The lowest BCUT2D eigenvalue weighted by Gasteiger charge is -2.34. The van der Waals surface area contributed by atoms with Gasteiger partial charge in [0.25, 0.3) is 11.8 Å². The van der Waals surface area contributed by atoms with Crippen LogP contribution in [-0.2, 0) is 4.79 Å². The van der Waals surface area contributed by atoms with Crippen molar-refractivity contribution in [3.63, 3.8) is 0 Å². The molecule has 1 aliphatic heterocycles. The molecule has 1 aliphatic rings. The van der Waals surface area contributed by atoms with Crippen molar-refractivity contribution in [1.82, 2.24) is 19.8 Å². The highest BCUT2D eigenvalue weighted by atomic mass is 35.5. The fourth-order valence-corrected chi connectivity index (χ4v) is 3.70. The minimum atomic E-state index is -0.151. The van der Waals surface area contributed by atoms with Crippen molar-refractivity contribution in [3.05, 3.63) is 58.3 Å². The topological polar surface area (TPSA) is 78.5 Å². The summed E-state index contributed by atoms with van der Waals surface area (Å²) >= 11 is 11.9. The van der Waals surface area contributed by atoms with Crippen LogP contribution in [0.1, 0.15) is 10.4 Å². The Morgan fingerprint density at radius 2 is 1.79 bits per heavy atom. The Hall–Kier alpha value is -2.77. The number of imidazole rings is 1. The van der Waals surface area contributed by atoms with E-state index in [-0.39, 0.29) is 18.4 Å². The van der Waals surface area contributed by atoms with Crippen LogP contribution in [0.3, 0.4) is 0 Å². The van der Waals surface area contributed by atoms with Crippen LogP contribution in [0.25, 0.3) is 11.0 Å². The zero-order valence-electron chi connectivity index (χ0n) is 15.4. The van der Waals surface area contributed by atoms with E-state index in [9.17, 15) is 9.59 Å². The first-order valence-corrected chi connectivity index (χ1v) is 9.85. The van der Waals surface area contributed by atoms with Crippen LogP contribution >= 0.6 is 23.2 Å². The second-order valence-electron chi connectivity index (χ2n) is 6.67. The van der Waals surface area contributed by atoms with Crippen molar-refractivity contribution in [1.29, 1.82) is 0 Å². The van der Waals surface area contributed by atoms with Gasteiger partial charge in [0.1, 0.15) is 5.75 Å². The lowest BCUT2D eigenvalue weighted by atomic mass is 10.1. The Morgan fingerprint density at radius 1 is 1.03 bits per heavy atom. The van der Waals surface area contributed by atoms with E-state index < -0.39 is 0 Å². The van der Waals surface area contributed by atoms with Crippen molar-refractivity contribution >= 4 is 46.0 Å². The predicted octanol–water partition coefficient (Wildman–Crippen LogP) is 3.23. The molecule has 2 aromatic carbocycles. The quantitative estimate of drug-likeness (QED) is 0.686. The maximum absolute atomic E-state index is 12.8. The van der Waals surface area contributed by atoms with Gasteiger partial charge in [-0.1, -0.05) is 23.2 Å². The third kappa shape index (κ3) is 4.31. The first-order valence-electron chi connectivity index (χ1n) is 9.09. The van der Waals surface area contributed by atoms with Gasteiger partial charge in [0.05, 0.1) is 22.4 Å². The number of fused-ring (bicyclic) bond motifs is 1. The number of amides is 2. The molecule has 0 saturated carbocycles. The van der Waals surface area contributed by atoms with E-state index >= 15 is 0 Å². The number of piperazine rings is 1. The molecule has 0 aliphatic carbocycles. The van der Waals surface area contributed by atoms with E-state index in [4.69, 9.17) is 27.9 Å². The lowest BCUT2D eigenvalue weighted by molar-refractivity contribution is -0.134. The first kappa shape index (κ1) is 19.5. The molecule has 3 aromatic rings. The maximum atomic E-state index is 12.8. The van der Waals surface area contributed by atoms with Gasteiger partial charge in [-0.3, -0.25) is 9.59 Å². The molecular weight excluding hydrogens is 415 g/mol. The first-order chi connectivity index (χ1) is 14.0. The summed E-state index contributed by atoms with van der Waals surface area (Å²) in [5, 5.41) is 0.857. The van der Waals surface area contributed by atoms with Gasteiger partial charge in [-0.05, 0) is 36.4 Å². The number of H-pyrrole nitrogens is 1. The largest absolute Gasteiger partial charge is 0.482 e. The molecule has 2 heterocycles. The summed E-state index contributed by atoms with van der Waals surface area (Å²) in [6, 6.07) is 10.2. The second-order valence-corrected chi connectivity index (χ2v) is 7.51. The second kappa shape index (κ2) is 8.31. The van der Waals surface area contributed by atoms with Crippen molar-refractivity contribution in [2.24, 2.45) is 0 Å². The zero-order valence-corrected chi connectivity index (χ0v) is 16.9. The Balaban J connectivity index is 1.31. The van der Waals surface area contributed by atoms with Crippen LogP contribution in [0, 0.1) is 0 Å². The van der Waals surface area contributed by atoms with Crippen LogP contribution in [0.4, 0.5) is 0 Å². The summed E-state index contributed by atoms with van der Waals surface area (Å²) in [6.45, 7) is 1.72. The summed E-state index contributed by atoms with van der Waals surface area (Å²) in [4.78, 5) is 35.8. The van der Waals surface area contributed by atoms with E-state index in [2.05, 4.69) is 9.97 Å². The van der Waals surface area contributed by atoms with Gasteiger partial charge < -0.3 is 19.5 Å². The number of aromatic nitrogens is 2. The minimum absolute atomic E-state index is 0.0576. The average molecular weight is 433 g/mol. The van der Waals surface area contributed by atoms with Crippen LogP contribution in [0.2, 0.25) is 10.0 Å². The number of carbonyl (C=O) groups is 2. The monoisotopic (exact) mass is 432 g/mol. The van der Waals surface area contributed by atoms with E-state index in [0.29, 0.717) is 47.5 Å². The highest BCUT2D eigenvalue weighted by molar-refractivity contribution is 6.35. The average Bonchev–Trinajstić information content (AvgIpc) is 3.20. The molecule has 0 atom stereocenters. The number of nitrogens with one attached hydrogen (secondary N) is 1. The third-order valence-electron chi connectivity index (χ3n) is 4.83. The summed E-state index contributed by atoms with van der Waals surface area (Å²) in [5.74, 6) is 0.201. The number of halogens is 2. The van der Waals surface area contributed by atoms with Crippen molar-refractivity contribution in [2.75, 3.05) is 32.8 Å². The molecule has 150 valence electrons. The van der Waals surface area contributed by atoms with Crippen LogP contribution in [0.5, 0.6) is 5.75 Å². The molecule has 4 rings (SSSR count). The molecule has 1 saturated heterocycles. The number of rotatable bonds is 4. The molecular formula is C20H18Cl2N4O3. The molecule has 1 aromatic heterocycles. The predicted molar refractivity (Wildman–Crippen MR) is 111 cm³/mol. The highest BCUT2D eigenvalue weighted by Gasteiger charge is 2.25. The highest BCUT2D eigenvalue weighted by Crippen LogP contribution is 2.27.